The second kappa shape index (κ2) is 8.73. The van der Waals surface area contributed by atoms with Crippen LogP contribution in [0.3, 0.4) is 0 Å². The van der Waals surface area contributed by atoms with Crippen molar-refractivity contribution in [1.82, 2.24) is 4.31 Å². The number of hydrogen-bond donors (Lipinski definition) is 1. The van der Waals surface area contributed by atoms with Gasteiger partial charge in [0.1, 0.15) is 19.8 Å². The average Bonchev–Trinajstić information content (AvgIpc) is 2.71. The van der Waals surface area contributed by atoms with E-state index in [1.165, 1.54) is 38.4 Å². The summed E-state index contributed by atoms with van der Waals surface area (Å²) in [7, 11) is -4.68. The number of nitrogens with one attached hydrogen (secondary N) is 1. The van der Waals surface area contributed by atoms with Crippen LogP contribution >= 0.6 is 0 Å². The summed E-state index contributed by atoms with van der Waals surface area (Å²) in [6.07, 6.45) is 0.967. The van der Waals surface area contributed by atoms with Crippen molar-refractivity contribution in [3.8, 4) is 11.5 Å². The van der Waals surface area contributed by atoms with Gasteiger partial charge < -0.3 is 14.8 Å². The van der Waals surface area contributed by atoms with Crippen LogP contribution in [-0.4, -0.2) is 67.2 Å². The largest absolute Gasteiger partial charge is 0.486 e. The van der Waals surface area contributed by atoms with Crippen molar-refractivity contribution in [3.05, 3.63) is 42.5 Å². The number of anilines is 2. The normalized spacial score (nSPS) is 13.7. The Morgan fingerprint density at radius 2 is 1.58 bits per heavy atom. The van der Waals surface area contributed by atoms with Crippen molar-refractivity contribution < 1.29 is 31.1 Å². The van der Waals surface area contributed by atoms with E-state index in [2.05, 4.69) is 5.32 Å². The molecule has 0 aromatic heterocycles. The van der Waals surface area contributed by atoms with Crippen LogP contribution in [0.2, 0.25) is 0 Å². The molecule has 31 heavy (non-hydrogen) atoms. The monoisotopic (exact) mass is 469 g/mol. The summed E-state index contributed by atoms with van der Waals surface area (Å²) < 4.78 is 61.8. The molecule has 0 spiro atoms. The van der Waals surface area contributed by atoms with Crippen molar-refractivity contribution in [2.24, 2.45) is 0 Å². The molecule has 3 rings (SSSR count). The fraction of sp³-hybridized carbons (Fsp3) is 0.316. The number of ether oxygens (including phenoxy) is 2. The molecular weight excluding hydrogens is 446 g/mol. The fourth-order valence-electron chi connectivity index (χ4n) is 2.85. The number of nitrogens with zero attached hydrogens (tertiary/aromatic N) is 2. The number of rotatable bonds is 7. The van der Waals surface area contributed by atoms with Crippen LogP contribution in [0.25, 0.3) is 0 Å². The molecule has 0 atom stereocenters. The van der Waals surface area contributed by atoms with Gasteiger partial charge in [-0.3, -0.25) is 9.10 Å². The van der Waals surface area contributed by atoms with E-state index in [1.54, 1.807) is 18.2 Å². The fourth-order valence-corrected chi connectivity index (χ4v) is 4.61. The predicted molar refractivity (Wildman–Crippen MR) is 116 cm³/mol. The molecule has 0 aliphatic carbocycles. The third-order valence-corrected chi connectivity index (χ3v) is 7.39. The number of carbonyl (C=O) groups excluding carboxylic acids is 1. The van der Waals surface area contributed by atoms with Gasteiger partial charge in [-0.25, -0.2) is 21.1 Å². The summed E-state index contributed by atoms with van der Waals surface area (Å²) in [4.78, 5) is 12.5. The lowest BCUT2D eigenvalue weighted by atomic mass is 10.2. The molecule has 10 nitrogen and oxygen atoms in total. The van der Waals surface area contributed by atoms with Crippen LogP contribution in [0.1, 0.15) is 0 Å². The molecule has 1 N–H and O–H groups in total. The van der Waals surface area contributed by atoms with Crippen LogP contribution in [0.4, 0.5) is 11.4 Å². The molecule has 12 heteroatoms. The molecule has 0 fully saturated rings. The van der Waals surface area contributed by atoms with Gasteiger partial charge in [0, 0.05) is 25.8 Å². The highest BCUT2D eigenvalue weighted by Gasteiger charge is 2.23. The van der Waals surface area contributed by atoms with Crippen LogP contribution in [0.5, 0.6) is 11.5 Å². The van der Waals surface area contributed by atoms with Gasteiger partial charge in [-0.05, 0) is 36.4 Å². The molecule has 168 valence electrons. The van der Waals surface area contributed by atoms with Gasteiger partial charge in [0.25, 0.3) is 0 Å². The zero-order valence-corrected chi connectivity index (χ0v) is 18.9. The van der Waals surface area contributed by atoms with Crippen molar-refractivity contribution in [2.75, 3.05) is 49.7 Å². The number of carbonyl (C=O) groups is 1. The van der Waals surface area contributed by atoms with Gasteiger partial charge in [0.05, 0.1) is 16.8 Å². The SMILES string of the molecule is CN(C)S(=O)(=O)c1ccc(N(CC(=O)Nc2ccc3c(c2)OCCO3)S(C)(=O)=O)cc1. The predicted octanol–water partition coefficient (Wildman–Crippen LogP) is 1.11. The Balaban J connectivity index is 1.78. The highest BCUT2D eigenvalue weighted by atomic mass is 32.2. The standard InChI is InChI=1S/C19H23N3O7S2/c1-21(2)31(26,27)16-7-5-15(6-8-16)22(30(3,24)25)13-19(23)20-14-4-9-17-18(12-14)29-11-10-28-17/h4-9,12H,10-11,13H2,1-3H3,(H,20,23). The van der Waals surface area contributed by atoms with Gasteiger partial charge in [-0.2, -0.15) is 0 Å². The molecule has 0 saturated carbocycles. The first kappa shape index (κ1) is 22.8. The molecule has 1 aliphatic heterocycles. The lowest BCUT2D eigenvalue weighted by Gasteiger charge is -2.23. The first-order valence-electron chi connectivity index (χ1n) is 9.18. The minimum atomic E-state index is -3.82. The van der Waals surface area contributed by atoms with E-state index in [0.717, 1.165) is 14.9 Å². The van der Waals surface area contributed by atoms with Crippen LogP contribution in [0, 0.1) is 0 Å². The van der Waals surface area contributed by atoms with Gasteiger partial charge in [0.15, 0.2) is 11.5 Å². The Kier molecular flexibility index (Phi) is 6.43. The van der Waals surface area contributed by atoms with E-state index < -0.39 is 32.5 Å². The second-order valence-corrected chi connectivity index (χ2v) is 11.0. The van der Waals surface area contributed by atoms with Crippen LogP contribution in [0.15, 0.2) is 47.4 Å². The molecule has 0 saturated heterocycles. The summed E-state index contributed by atoms with van der Waals surface area (Å²) in [5.74, 6) is 0.476. The van der Waals surface area contributed by atoms with Crippen LogP contribution < -0.4 is 19.1 Å². The van der Waals surface area contributed by atoms with Crippen LogP contribution in [-0.2, 0) is 24.8 Å². The number of fused-ring (bicyclic) bond motifs is 1. The Morgan fingerprint density at radius 3 is 2.16 bits per heavy atom. The van der Waals surface area contributed by atoms with Gasteiger partial charge in [-0.1, -0.05) is 0 Å². The summed E-state index contributed by atoms with van der Waals surface area (Å²) in [5, 5.41) is 2.63. The average molecular weight is 470 g/mol. The van der Waals surface area contributed by atoms with Gasteiger partial charge in [-0.15, -0.1) is 0 Å². The van der Waals surface area contributed by atoms with E-state index in [9.17, 15) is 21.6 Å². The molecule has 2 aromatic rings. The third kappa shape index (κ3) is 5.27. The third-order valence-electron chi connectivity index (χ3n) is 4.42. The van der Waals surface area contributed by atoms with Crippen molar-refractivity contribution >= 4 is 37.3 Å². The van der Waals surface area contributed by atoms with E-state index in [0.29, 0.717) is 30.4 Å². The highest BCUT2D eigenvalue weighted by molar-refractivity contribution is 7.92. The maximum absolute atomic E-state index is 12.5. The first-order chi connectivity index (χ1) is 14.5. The molecule has 0 radical (unpaired) electrons. The molecule has 1 heterocycles. The second-order valence-electron chi connectivity index (χ2n) is 6.96. The van der Waals surface area contributed by atoms with E-state index >= 15 is 0 Å². The van der Waals surface area contributed by atoms with E-state index in [-0.39, 0.29) is 10.6 Å². The van der Waals surface area contributed by atoms with Gasteiger partial charge in [0.2, 0.25) is 26.0 Å². The molecule has 1 aliphatic rings. The smallest absolute Gasteiger partial charge is 0.245 e. The Bertz CT molecular complexity index is 1180. The molecule has 2 aromatic carbocycles. The zero-order chi connectivity index (χ0) is 22.8. The maximum atomic E-state index is 12.5. The summed E-state index contributed by atoms with van der Waals surface area (Å²) >= 11 is 0. The Hall–Kier alpha value is -2.83. The highest BCUT2D eigenvalue weighted by Crippen LogP contribution is 2.32. The summed E-state index contributed by atoms with van der Waals surface area (Å²) in [5.41, 5.74) is 0.590. The molecule has 0 bridgehead atoms. The Morgan fingerprint density at radius 1 is 0.968 bits per heavy atom. The molecule has 1 amide bonds. The minimum absolute atomic E-state index is 0.00966. The summed E-state index contributed by atoms with van der Waals surface area (Å²) in [6, 6.07) is 10.1. The number of amides is 1. The lowest BCUT2D eigenvalue weighted by molar-refractivity contribution is -0.114. The van der Waals surface area contributed by atoms with Gasteiger partial charge >= 0.3 is 0 Å². The number of sulfonamides is 2. The van der Waals surface area contributed by atoms with E-state index in [4.69, 9.17) is 9.47 Å². The summed E-state index contributed by atoms with van der Waals surface area (Å²) in [6.45, 7) is 0.343. The van der Waals surface area contributed by atoms with Crippen molar-refractivity contribution in [3.63, 3.8) is 0 Å². The maximum Gasteiger partial charge on any atom is 0.245 e. The molecular formula is C19H23N3O7S2. The first-order valence-corrected chi connectivity index (χ1v) is 12.5. The number of benzene rings is 2. The number of hydrogen-bond acceptors (Lipinski definition) is 7. The minimum Gasteiger partial charge on any atom is -0.486 e. The quantitative estimate of drug-likeness (QED) is 0.645. The van der Waals surface area contributed by atoms with Crippen molar-refractivity contribution in [2.45, 2.75) is 4.90 Å². The topological polar surface area (TPSA) is 122 Å². The van der Waals surface area contributed by atoms with Crippen molar-refractivity contribution in [1.29, 1.82) is 0 Å². The zero-order valence-electron chi connectivity index (χ0n) is 17.2. The Labute approximate surface area is 181 Å². The lowest BCUT2D eigenvalue weighted by Crippen LogP contribution is -2.37. The molecule has 0 unspecified atom stereocenters. The van der Waals surface area contributed by atoms with E-state index in [1.807, 2.05) is 0 Å².